The molecule has 0 spiro atoms. The van der Waals surface area contributed by atoms with Gasteiger partial charge in [0.15, 0.2) is 0 Å². The fourth-order valence-electron chi connectivity index (χ4n) is 1.02. The molecule has 0 bridgehead atoms. The van der Waals surface area contributed by atoms with Gasteiger partial charge in [0.2, 0.25) is 0 Å². The molecule has 88 valence electrons. The summed E-state index contributed by atoms with van der Waals surface area (Å²) in [5, 5.41) is 0. The number of hydrogen-bond acceptors (Lipinski definition) is 3. The van der Waals surface area contributed by atoms with Crippen molar-refractivity contribution in [1.29, 1.82) is 0 Å². The molecule has 0 aliphatic rings. The molecule has 0 atom stereocenters. The number of hydrogen-bond donors (Lipinski definition) is 2. The standard InChI is InChI=1S/C8H8F3N3O2/c9-8(10,11)5-1-2-7(16)14(3-5)4-6(15)13-12/h1-3H,4,12H2,(H,13,15). The summed E-state index contributed by atoms with van der Waals surface area (Å²) in [5.41, 5.74) is 0.00463. The van der Waals surface area contributed by atoms with Gasteiger partial charge in [0, 0.05) is 12.3 Å². The van der Waals surface area contributed by atoms with Gasteiger partial charge in [-0.05, 0) is 6.07 Å². The maximum Gasteiger partial charge on any atom is 0.417 e. The van der Waals surface area contributed by atoms with Crippen LogP contribution in [-0.4, -0.2) is 10.5 Å². The maximum absolute atomic E-state index is 12.3. The number of aromatic nitrogens is 1. The minimum Gasteiger partial charge on any atom is -0.305 e. The minimum atomic E-state index is -4.56. The van der Waals surface area contributed by atoms with E-state index in [1.807, 2.05) is 0 Å². The first-order valence-electron chi connectivity index (χ1n) is 4.11. The van der Waals surface area contributed by atoms with Gasteiger partial charge in [-0.15, -0.1) is 0 Å². The van der Waals surface area contributed by atoms with E-state index in [0.717, 1.165) is 6.07 Å². The highest BCUT2D eigenvalue weighted by atomic mass is 19.4. The zero-order chi connectivity index (χ0) is 12.3. The van der Waals surface area contributed by atoms with E-state index in [2.05, 4.69) is 0 Å². The molecule has 1 rings (SSSR count). The van der Waals surface area contributed by atoms with Gasteiger partial charge in [-0.25, -0.2) is 5.84 Å². The van der Waals surface area contributed by atoms with Crippen LogP contribution < -0.4 is 16.8 Å². The molecule has 16 heavy (non-hydrogen) atoms. The predicted octanol–water partition coefficient (Wildman–Crippen LogP) is -0.143. The maximum atomic E-state index is 12.3. The van der Waals surface area contributed by atoms with E-state index in [-0.39, 0.29) is 0 Å². The Hall–Kier alpha value is -1.83. The molecule has 0 fully saturated rings. The second kappa shape index (κ2) is 4.35. The summed E-state index contributed by atoms with van der Waals surface area (Å²) >= 11 is 0. The molecule has 5 nitrogen and oxygen atoms in total. The minimum absolute atomic E-state index is 0.556. The van der Waals surface area contributed by atoms with Crippen LogP contribution in [0.25, 0.3) is 0 Å². The number of pyridine rings is 1. The Morgan fingerprint density at radius 2 is 2.06 bits per heavy atom. The van der Waals surface area contributed by atoms with Crippen molar-refractivity contribution in [2.24, 2.45) is 5.84 Å². The molecular weight excluding hydrogens is 227 g/mol. The molecule has 1 aromatic rings. The van der Waals surface area contributed by atoms with Crippen LogP contribution in [0.1, 0.15) is 5.56 Å². The Bertz CT molecular complexity index is 453. The average molecular weight is 235 g/mol. The van der Waals surface area contributed by atoms with E-state index >= 15 is 0 Å². The highest BCUT2D eigenvalue weighted by Crippen LogP contribution is 2.27. The first kappa shape index (κ1) is 12.2. The molecule has 1 heterocycles. The topological polar surface area (TPSA) is 77.1 Å². The summed E-state index contributed by atoms with van der Waals surface area (Å²) in [5.74, 6) is 3.99. The highest BCUT2D eigenvalue weighted by Gasteiger charge is 2.31. The lowest BCUT2D eigenvalue weighted by molar-refractivity contribution is -0.138. The number of hydrazine groups is 1. The quantitative estimate of drug-likeness (QED) is 0.425. The smallest absolute Gasteiger partial charge is 0.305 e. The average Bonchev–Trinajstić information content (AvgIpc) is 2.19. The Labute approximate surface area is 87.6 Å². The molecule has 1 amide bonds. The summed E-state index contributed by atoms with van der Waals surface area (Å²) in [4.78, 5) is 21.9. The van der Waals surface area contributed by atoms with Crippen LogP contribution >= 0.6 is 0 Å². The SMILES string of the molecule is NNC(=O)Cn1cc(C(F)(F)F)ccc1=O. The number of rotatable bonds is 2. The lowest BCUT2D eigenvalue weighted by atomic mass is 10.3. The zero-order valence-electron chi connectivity index (χ0n) is 7.91. The number of halogens is 3. The normalized spacial score (nSPS) is 11.2. The number of alkyl halides is 3. The number of carbonyl (C=O) groups excluding carboxylic acids is 1. The van der Waals surface area contributed by atoms with E-state index in [1.54, 1.807) is 5.43 Å². The fourth-order valence-corrected chi connectivity index (χ4v) is 1.02. The summed E-state index contributed by atoms with van der Waals surface area (Å²) in [6.45, 7) is -0.556. The van der Waals surface area contributed by atoms with Crippen LogP contribution in [0.3, 0.4) is 0 Å². The van der Waals surface area contributed by atoms with Crippen LogP contribution in [0, 0.1) is 0 Å². The molecular formula is C8H8F3N3O2. The second-order valence-electron chi connectivity index (χ2n) is 2.95. The number of carbonyl (C=O) groups is 1. The van der Waals surface area contributed by atoms with E-state index in [9.17, 15) is 22.8 Å². The third-order valence-electron chi connectivity index (χ3n) is 1.79. The van der Waals surface area contributed by atoms with Crippen molar-refractivity contribution >= 4 is 5.91 Å². The summed E-state index contributed by atoms with van der Waals surface area (Å²) in [6.07, 6.45) is -3.99. The highest BCUT2D eigenvalue weighted by molar-refractivity contribution is 5.74. The summed E-state index contributed by atoms with van der Waals surface area (Å²) < 4.78 is 37.5. The largest absolute Gasteiger partial charge is 0.417 e. The number of nitrogens with two attached hydrogens (primary N) is 1. The van der Waals surface area contributed by atoms with Gasteiger partial charge in [0.25, 0.3) is 11.5 Å². The van der Waals surface area contributed by atoms with Gasteiger partial charge in [0.1, 0.15) is 6.54 Å². The molecule has 0 aliphatic carbocycles. The monoisotopic (exact) mass is 235 g/mol. The first-order chi connectivity index (χ1) is 7.34. The third kappa shape index (κ3) is 2.83. The van der Waals surface area contributed by atoms with Crippen molar-refractivity contribution in [2.75, 3.05) is 0 Å². The van der Waals surface area contributed by atoms with E-state index in [1.165, 1.54) is 0 Å². The van der Waals surface area contributed by atoms with Crippen molar-refractivity contribution in [3.8, 4) is 0 Å². The van der Waals surface area contributed by atoms with Crippen molar-refractivity contribution in [3.05, 3.63) is 34.2 Å². The lowest BCUT2D eigenvalue weighted by Gasteiger charge is -2.09. The summed E-state index contributed by atoms with van der Waals surface area (Å²) in [7, 11) is 0. The van der Waals surface area contributed by atoms with Gasteiger partial charge in [-0.3, -0.25) is 15.0 Å². The first-order valence-corrected chi connectivity index (χ1v) is 4.11. The fraction of sp³-hybridized carbons (Fsp3) is 0.250. The van der Waals surface area contributed by atoms with E-state index in [4.69, 9.17) is 5.84 Å². The molecule has 0 unspecified atom stereocenters. The Balaban J connectivity index is 3.09. The number of nitrogens with one attached hydrogen (secondary N) is 1. The Morgan fingerprint density at radius 1 is 1.44 bits per heavy atom. The number of nitrogens with zero attached hydrogens (tertiary/aromatic N) is 1. The molecule has 0 aromatic carbocycles. The van der Waals surface area contributed by atoms with Crippen molar-refractivity contribution in [1.82, 2.24) is 9.99 Å². The van der Waals surface area contributed by atoms with Gasteiger partial charge in [-0.1, -0.05) is 0 Å². The van der Waals surface area contributed by atoms with Crippen LogP contribution in [0.2, 0.25) is 0 Å². The molecule has 3 N–H and O–H groups in total. The molecule has 1 aromatic heterocycles. The van der Waals surface area contributed by atoms with Gasteiger partial charge in [-0.2, -0.15) is 13.2 Å². The second-order valence-corrected chi connectivity index (χ2v) is 2.95. The van der Waals surface area contributed by atoms with Gasteiger partial charge >= 0.3 is 6.18 Å². The third-order valence-corrected chi connectivity index (χ3v) is 1.79. The molecule has 0 saturated carbocycles. The van der Waals surface area contributed by atoms with Crippen LogP contribution in [0.15, 0.2) is 23.1 Å². The van der Waals surface area contributed by atoms with Crippen molar-refractivity contribution in [2.45, 2.75) is 12.7 Å². The predicted molar refractivity (Wildman–Crippen MR) is 48.0 cm³/mol. The molecule has 0 radical (unpaired) electrons. The van der Waals surface area contributed by atoms with Gasteiger partial charge in [0.05, 0.1) is 5.56 Å². The van der Waals surface area contributed by atoms with Crippen LogP contribution in [0.5, 0.6) is 0 Å². The molecule has 0 aliphatic heterocycles. The van der Waals surface area contributed by atoms with Crippen molar-refractivity contribution in [3.63, 3.8) is 0 Å². The Morgan fingerprint density at radius 3 is 2.56 bits per heavy atom. The zero-order valence-corrected chi connectivity index (χ0v) is 7.91. The lowest BCUT2D eigenvalue weighted by Crippen LogP contribution is -2.36. The van der Waals surface area contributed by atoms with E-state index < -0.39 is 29.8 Å². The Kier molecular flexibility index (Phi) is 3.33. The van der Waals surface area contributed by atoms with Crippen LogP contribution in [-0.2, 0) is 17.5 Å². The molecule has 8 heteroatoms. The molecule has 0 saturated heterocycles. The van der Waals surface area contributed by atoms with Gasteiger partial charge < -0.3 is 4.57 Å². The van der Waals surface area contributed by atoms with E-state index in [0.29, 0.717) is 16.8 Å². The van der Waals surface area contributed by atoms with Crippen LogP contribution in [0.4, 0.5) is 13.2 Å². The summed E-state index contributed by atoms with van der Waals surface area (Å²) in [6, 6.07) is 1.39. The van der Waals surface area contributed by atoms with Crippen molar-refractivity contribution < 1.29 is 18.0 Å². The number of amides is 1.